The molecule has 5 nitrogen and oxygen atoms in total. The van der Waals surface area contributed by atoms with Crippen LogP contribution in [0.3, 0.4) is 0 Å². The monoisotopic (exact) mass is 295 g/mol. The molecule has 0 aromatic rings. The molecule has 4 rings (SSSR count). The molecule has 0 saturated heterocycles. The van der Waals surface area contributed by atoms with Crippen molar-refractivity contribution in [3.8, 4) is 0 Å². The van der Waals surface area contributed by atoms with E-state index >= 15 is 0 Å². The second kappa shape index (κ2) is 6.34. The van der Waals surface area contributed by atoms with Gasteiger partial charge in [0, 0.05) is 12.6 Å². The van der Waals surface area contributed by atoms with Gasteiger partial charge in [-0.1, -0.05) is 0 Å². The number of ether oxygens (including phenoxy) is 2. The molecule has 0 radical (unpaired) electrons. The number of hydrogen-bond acceptors (Lipinski definition) is 4. The van der Waals surface area contributed by atoms with E-state index in [1.54, 1.807) is 0 Å². The fourth-order valence-corrected chi connectivity index (χ4v) is 4.76. The van der Waals surface area contributed by atoms with E-state index in [1.165, 1.54) is 32.1 Å². The van der Waals surface area contributed by atoms with Crippen LogP contribution in [0.1, 0.15) is 39.0 Å². The molecule has 1 N–H and O–H groups in total. The molecule has 4 fully saturated rings. The van der Waals surface area contributed by atoms with Crippen LogP contribution < -0.4 is 5.32 Å². The summed E-state index contributed by atoms with van der Waals surface area (Å²) in [4.78, 5) is 23.3. The number of amides is 1. The van der Waals surface area contributed by atoms with Gasteiger partial charge in [-0.2, -0.15) is 0 Å². The zero-order valence-electron chi connectivity index (χ0n) is 12.7. The number of esters is 1. The summed E-state index contributed by atoms with van der Waals surface area (Å²) < 4.78 is 9.87. The highest BCUT2D eigenvalue weighted by atomic mass is 16.6. The smallest absolute Gasteiger partial charge is 0.332 e. The van der Waals surface area contributed by atoms with Gasteiger partial charge in [0.2, 0.25) is 0 Å². The summed E-state index contributed by atoms with van der Waals surface area (Å²) in [5.74, 6) is 2.43. The molecule has 0 heterocycles. The standard InChI is InChI=1S/C16H25NO4/c1-2-20-9-15(19)21-8-14(18)17-16-12-4-10-3-11(6-12)7-13(16)5-10/h10-13,16H,2-9H2,1H3,(H,17,18). The van der Waals surface area contributed by atoms with Gasteiger partial charge < -0.3 is 14.8 Å². The molecule has 0 spiro atoms. The van der Waals surface area contributed by atoms with Gasteiger partial charge in [0.25, 0.3) is 5.91 Å². The Morgan fingerprint density at radius 1 is 1.00 bits per heavy atom. The van der Waals surface area contributed by atoms with Gasteiger partial charge >= 0.3 is 5.97 Å². The number of hydrogen-bond donors (Lipinski definition) is 1. The van der Waals surface area contributed by atoms with Gasteiger partial charge in [-0.05, 0) is 62.7 Å². The SMILES string of the molecule is CCOCC(=O)OCC(=O)NC1C2CC3CC(C2)CC1C3. The third-order valence-corrected chi connectivity index (χ3v) is 5.34. The summed E-state index contributed by atoms with van der Waals surface area (Å²) in [6, 6.07) is 0.302. The minimum atomic E-state index is -0.475. The van der Waals surface area contributed by atoms with Gasteiger partial charge in [0.1, 0.15) is 6.61 Å². The molecule has 21 heavy (non-hydrogen) atoms. The quantitative estimate of drug-likeness (QED) is 0.754. The fourth-order valence-electron chi connectivity index (χ4n) is 4.76. The van der Waals surface area contributed by atoms with Crippen LogP contribution in [-0.4, -0.2) is 37.7 Å². The van der Waals surface area contributed by atoms with Crippen LogP contribution in [0.15, 0.2) is 0 Å². The van der Waals surface area contributed by atoms with Crippen molar-refractivity contribution in [3.05, 3.63) is 0 Å². The maximum atomic E-state index is 12.0. The van der Waals surface area contributed by atoms with Crippen molar-refractivity contribution in [3.63, 3.8) is 0 Å². The second-order valence-electron chi connectivity index (χ2n) is 6.82. The Kier molecular flexibility index (Phi) is 4.48. The molecule has 0 aliphatic heterocycles. The Hall–Kier alpha value is -1.10. The van der Waals surface area contributed by atoms with E-state index in [1.807, 2.05) is 6.92 Å². The highest BCUT2D eigenvalue weighted by Gasteiger charge is 2.48. The fraction of sp³-hybridized carbons (Fsp3) is 0.875. The number of nitrogens with one attached hydrogen (secondary N) is 1. The molecule has 0 atom stereocenters. The first-order chi connectivity index (χ1) is 10.2. The van der Waals surface area contributed by atoms with Crippen molar-refractivity contribution in [2.75, 3.05) is 19.8 Å². The first-order valence-electron chi connectivity index (χ1n) is 8.18. The van der Waals surface area contributed by atoms with Crippen molar-refractivity contribution in [1.29, 1.82) is 0 Å². The van der Waals surface area contributed by atoms with Gasteiger partial charge in [-0.3, -0.25) is 4.79 Å². The van der Waals surface area contributed by atoms with Crippen LogP contribution in [0.5, 0.6) is 0 Å². The van der Waals surface area contributed by atoms with Crippen molar-refractivity contribution in [2.45, 2.75) is 45.1 Å². The lowest BCUT2D eigenvalue weighted by Crippen LogP contribution is -2.56. The Balaban J connectivity index is 1.44. The molecular weight excluding hydrogens is 270 g/mol. The van der Waals surface area contributed by atoms with E-state index in [-0.39, 0.29) is 19.1 Å². The minimum absolute atomic E-state index is 0.0815. The molecule has 4 saturated carbocycles. The van der Waals surface area contributed by atoms with Crippen LogP contribution >= 0.6 is 0 Å². The molecule has 4 bridgehead atoms. The highest BCUT2D eigenvalue weighted by molar-refractivity contribution is 5.81. The lowest BCUT2D eigenvalue weighted by molar-refractivity contribution is -0.153. The zero-order valence-corrected chi connectivity index (χ0v) is 12.7. The Morgan fingerprint density at radius 3 is 2.19 bits per heavy atom. The summed E-state index contributed by atoms with van der Waals surface area (Å²) in [5, 5.41) is 3.12. The van der Waals surface area contributed by atoms with Crippen molar-refractivity contribution < 1.29 is 19.1 Å². The van der Waals surface area contributed by atoms with Gasteiger partial charge in [0.05, 0.1) is 0 Å². The van der Waals surface area contributed by atoms with E-state index in [0.717, 1.165) is 11.8 Å². The van der Waals surface area contributed by atoms with Crippen LogP contribution in [0.2, 0.25) is 0 Å². The molecule has 0 aromatic carbocycles. The van der Waals surface area contributed by atoms with Crippen LogP contribution in [-0.2, 0) is 19.1 Å². The molecule has 0 aromatic heterocycles. The average Bonchev–Trinajstić information content (AvgIpc) is 2.46. The van der Waals surface area contributed by atoms with Crippen LogP contribution in [0.4, 0.5) is 0 Å². The van der Waals surface area contributed by atoms with E-state index in [2.05, 4.69) is 5.32 Å². The molecule has 5 heteroatoms. The normalized spacial score (nSPS) is 36.5. The first-order valence-corrected chi connectivity index (χ1v) is 8.18. The van der Waals surface area contributed by atoms with Crippen LogP contribution in [0.25, 0.3) is 0 Å². The number of carbonyl (C=O) groups excluding carboxylic acids is 2. The molecule has 4 aliphatic rings. The molecule has 118 valence electrons. The third kappa shape index (κ3) is 3.39. The Bertz CT molecular complexity index is 381. The summed E-state index contributed by atoms with van der Waals surface area (Å²) in [6.07, 6.45) is 6.47. The first kappa shape index (κ1) is 14.8. The van der Waals surface area contributed by atoms with Gasteiger partial charge in [-0.15, -0.1) is 0 Å². The van der Waals surface area contributed by atoms with Crippen LogP contribution in [0, 0.1) is 23.7 Å². The van der Waals surface area contributed by atoms with E-state index < -0.39 is 5.97 Å². The summed E-state index contributed by atoms with van der Waals surface area (Å²) in [7, 11) is 0. The molecule has 4 aliphatic carbocycles. The Morgan fingerprint density at radius 2 is 1.62 bits per heavy atom. The maximum absolute atomic E-state index is 12.0. The van der Waals surface area contributed by atoms with Crippen molar-refractivity contribution in [1.82, 2.24) is 5.32 Å². The largest absolute Gasteiger partial charge is 0.454 e. The maximum Gasteiger partial charge on any atom is 0.332 e. The second-order valence-corrected chi connectivity index (χ2v) is 6.82. The highest BCUT2D eigenvalue weighted by Crippen LogP contribution is 2.53. The van der Waals surface area contributed by atoms with E-state index in [9.17, 15) is 9.59 Å². The lowest BCUT2D eigenvalue weighted by atomic mass is 9.54. The average molecular weight is 295 g/mol. The van der Waals surface area contributed by atoms with E-state index in [0.29, 0.717) is 24.5 Å². The predicted octanol–water partition coefficient (Wildman–Crippen LogP) is 1.51. The topological polar surface area (TPSA) is 64.6 Å². The number of rotatable bonds is 6. The summed E-state index contributed by atoms with van der Waals surface area (Å²) >= 11 is 0. The molecule has 0 unspecified atom stereocenters. The lowest BCUT2D eigenvalue weighted by Gasteiger charge is -2.54. The minimum Gasteiger partial charge on any atom is -0.454 e. The van der Waals surface area contributed by atoms with Crippen molar-refractivity contribution >= 4 is 11.9 Å². The number of carbonyl (C=O) groups is 2. The van der Waals surface area contributed by atoms with Gasteiger partial charge in [-0.25, -0.2) is 4.79 Å². The Labute approximate surface area is 125 Å². The zero-order chi connectivity index (χ0) is 14.8. The molecule has 1 amide bonds. The van der Waals surface area contributed by atoms with E-state index in [4.69, 9.17) is 9.47 Å². The van der Waals surface area contributed by atoms with Crippen molar-refractivity contribution in [2.24, 2.45) is 23.7 Å². The molecular formula is C16H25NO4. The summed E-state index contributed by atoms with van der Waals surface area (Å²) in [5.41, 5.74) is 0. The predicted molar refractivity (Wildman–Crippen MR) is 76.4 cm³/mol. The van der Waals surface area contributed by atoms with Gasteiger partial charge in [0.15, 0.2) is 6.61 Å². The third-order valence-electron chi connectivity index (χ3n) is 5.34. The summed E-state index contributed by atoms with van der Waals surface area (Å²) in [6.45, 7) is 2.01.